The minimum absolute atomic E-state index is 0.177. The van der Waals surface area contributed by atoms with Crippen molar-refractivity contribution >= 4 is 56.1 Å². The fraction of sp³-hybridized carbons (Fsp3) is 0.316. The van der Waals surface area contributed by atoms with E-state index in [-0.39, 0.29) is 11.9 Å². The third-order valence-electron chi connectivity index (χ3n) is 4.18. The van der Waals surface area contributed by atoms with Gasteiger partial charge in [0.05, 0.1) is 28.3 Å². The van der Waals surface area contributed by atoms with Gasteiger partial charge in [-0.25, -0.2) is 19.6 Å². The van der Waals surface area contributed by atoms with Crippen molar-refractivity contribution in [1.82, 2.24) is 30.0 Å². The molecule has 4 aromatic rings. The first-order chi connectivity index (χ1) is 14.0. The zero-order valence-corrected chi connectivity index (χ0v) is 18.0. The highest BCUT2D eigenvalue weighted by Crippen LogP contribution is 2.24. The number of carbonyl (C=O) groups is 1. The van der Waals surface area contributed by atoms with E-state index in [1.807, 2.05) is 30.5 Å². The van der Waals surface area contributed by atoms with E-state index in [0.29, 0.717) is 23.3 Å². The summed E-state index contributed by atoms with van der Waals surface area (Å²) in [6, 6.07) is 7.98. The second kappa shape index (κ2) is 8.34. The average Bonchev–Trinajstić information content (AvgIpc) is 3.31. The SMILES string of the molecule is CSc1nc(NC(C)C)c2cnn(CCNC(=O)c3nc4ccccc4s3)c2n1. The molecule has 0 aliphatic heterocycles. The molecule has 2 N–H and O–H groups in total. The number of benzene rings is 1. The van der Waals surface area contributed by atoms with Crippen LogP contribution in [0.15, 0.2) is 35.6 Å². The molecule has 0 bridgehead atoms. The third kappa shape index (κ3) is 4.18. The molecular formula is C19H21N7OS2. The molecule has 10 heteroatoms. The van der Waals surface area contributed by atoms with Crippen molar-refractivity contribution in [3.63, 3.8) is 0 Å². The molecule has 8 nitrogen and oxygen atoms in total. The molecule has 0 spiro atoms. The van der Waals surface area contributed by atoms with Gasteiger partial charge in [0.25, 0.3) is 5.91 Å². The number of hydrogen-bond acceptors (Lipinski definition) is 8. The van der Waals surface area contributed by atoms with Gasteiger partial charge in [0, 0.05) is 12.6 Å². The number of amides is 1. The highest BCUT2D eigenvalue weighted by molar-refractivity contribution is 7.98. The van der Waals surface area contributed by atoms with Crippen molar-refractivity contribution in [2.75, 3.05) is 18.1 Å². The van der Waals surface area contributed by atoms with Crippen LogP contribution in [0.1, 0.15) is 23.6 Å². The number of carbonyl (C=O) groups excluding carboxylic acids is 1. The summed E-state index contributed by atoms with van der Waals surface area (Å²) >= 11 is 2.88. The normalized spacial score (nSPS) is 11.4. The summed E-state index contributed by atoms with van der Waals surface area (Å²) in [5.74, 6) is 0.600. The summed E-state index contributed by atoms with van der Waals surface area (Å²) in [6.45, 7) is 5.06. The Morgan fingerprint density at radius 3 is 2.83 bits per heavy atom. The molecule has 150 valence electrons. The van der Waals surface area contributed by atoms with E-state index in [9.17, 15) is 4.79 Å². The monoisotopic (exact) mass is 427 g/mol. The molecular weight excluding hydrogens is 406 g/mol. The van der Waals surface area contributed by atoms with Crippen molar-refractivity contribution in [3.05, 3.63) is 35.5 Å². The molecule has 0 radical (unpaired) electrons. The smallest absolute Gasteiger partial charge is 0.280 e. The topological polar surface area (TPSA) is 97.6 Å². The number of nitrogens with zero attached hydrogens (tertiary/aromatic N) is 5. The maximum Gasteiger partial charge on any atom is 0.280 e. The molecule has 29 heavy (non-hydrogen) atoms. The summed E-state index contributed by atoms with van der Waals surface area (Å²) in [6.07, 6.45) is 3.71. The van der Waals surface area contributed by atoms with Gasteiger partial charge in [-0.05, 0) is 32.2 Å². The highest BCUT2D eigenvalue weighted by Gasteiger charge is 2.15. The van der Waals surface area contributed by atoms with Crippen LogP contribution in [0.25, 0.3) is 21.3 Å². The van der Waals surface area contributed by atoms with Gasteiger partial charge < -0.3 is 10.6 Å². The number of aromatic nitrogens is 5. The summed E-state index contributed by atoms with van der Waals surface area (Å²) in [7, 11) is 0. The van der Waals surface area contributed by atoms with E-state index in [1.54, 1.807) is 10.9 Å². The van der Waals surface area contributed by atoms with Gasteiger partial charge in [0.1, 0.15) is 5.82 Å². The predicted octanol–water partition coefficient (Wildman–Crippen LogP) is 3.41. The molecule has 3 aromatic heterocycles. The zero-order chi connectivity index (χ0) is 20.4. The Bertz CT molecular complexity index is 1140. The fourth-order valence-electron chi connectivity index (χ4n) is 2.89. The Kier molecular flexibility index (Phi) is 5.63. The van der Waals surface area contributed by atoms with E-state index < -0.39 is 0 Å². The second-order valence-corrected chi connectivity index (χ2v) is 8.51. The van der Waals surface area contributed by atoms with Crippen LogP contribution < -0.4 is 10.6 Å². The summed E-state index contributed by atoms with van der Waals surface area (Å²) < 4.78 is 2.79. The number of thiazole rings is 1. The van der Waals surface area contributed by atoms with Gasteiger partial charge in [-0.2, -0.15) is 5.10 Å². The molecule has 0 aliphatic rings. The number of nitrogens with one attached hydrogen (secondary N) is 2. The van der Waals surface area contributed by atoms with Crippen molar-refractivity contribution in [2.45, 2.75) is 31.6 Å². The van der Waals surface area contributed by atoms with E-state index in [0.717, 1.165) is 27.1 Å². The van der Waals surface area contributed by atoms with Crippen molar-refractivity contribution in [1.29, 1.82) is 0 Å². The van der Waals surface area contributed by atoms with Crippen LogP contribution in [-0.2, 0) is 6.54 Å². The minimum atomic E-state index is -0.177. The lowest BCUT2D eigenvalue weighted by Crippen LogP contribution is -2.27. The van der Waals surface area contributed by atoms with Crippen molar-refractivity contribution in [3.8, 4) is 0 Å². The predicted molar refractivity (Wildman–Crippen MR) is 118 cm³/mol. The van der Waals surface area contributed by atoms with Gasteiger partial charge >= 0.3 is 0 Å². The molecule has 0 saturated heterocycles. The number of hydrogen-bond donors (Lipinski definition) is 2. The number of para-hydroxylation sites is 1. The minimum Gasteiger partial charge on any atom is -0.367 e. The van der Waals surface area contributed by atoms with Gasteiger partial charge in [-0.15, -0.1) is 11.3 Å². The standard InChI is InChI=1S/C19H21N7OS2/c1-11(2)22-15-12-10-21-26(16(12)25-19(24-15)28-3)9-8-20-17(27)18-23-13-6-4-5-7-14(13)29-18/h4-7,10-11H,8-9H2,1-3H3,(H,20,27)(H,22,24,25). The first kappa shape index (κ1) is 19.6. The van der Waals surface area contributed by atoms with Gasteiger partial charge in [0.15, 0.2) is 15.8 Å². The molecule has 0 fully saturated rings. The number of rotatable bonds is 7. The van der Waals surface area contributed by atoms with E-state index in [4.69, 9.17) is 0 Å². The first-order valence-electron chi connectivity index (χ1n) is 9.23. The summed E-state index contributed by atoms with van der Waals surface area (Å²) in [5, 5.41) is 12.7. The Morgan fingerprint density at radius 1 is 1.24 bits per heavy atom. The summed E-state index contributed by atoms with van der Waals surface area (Å²) in [4.78, 5) is 26.0. The van der Waals surface area contributed by atoms with Crippen LogP contribution in [0.3, 0.4) is 0 Å². The maximum absolute atomic E-state index is 12.5. The molecule has 3 heterocycles. The molecule has 1 amide bonds. The van der Waals surface area contributed by atoms with E-state index in [1.165, 1.54) is 23.1 Å². The van der Waals surface area contributed by atoms with E-state index in [2.05, 4.69) is 44.5 Å². The van der Waals surface area contributed by atoms with Crippen molar-refractivity contribution < 1.29 is 4.79 Å². The quantitative estimate of drug-likeness (QED) is 0.344. The average molecular weight is 428 g/mol. The molecule has 0 aliphatic carbocycles. The molecule has 0 saturated carbocycles. The van der Waals surface area contributed by atoms with Crippen LogP contribution in [0.5, 0.6) is 0 Å². The van der Waals surface area contributed by atoms with Crippen LogP contribution in [0.2, 0.25) is 0 Å². The molecule has 0 unspecified atom stereocenters. The number of fused-ring (bicyclic) bond motifs is 2. The second-order valence-electron chi connectivity index (χ2n) is 6.71. The Morgan fingerprint density at radius 2 is 2.07 bits per heavy atom. The number of thioether (sulfide) groups is 1. The summed E-state index contributed by atoms with van der Waals surface area (Å²) in [5.41, 5.74) is 1.59. The maximum atomic E-state index is 12.5. The highest BCUT2D eigenvalue weighted by atomic mass is 32.2. The lowest BCUT2D eigenvalue weighted by Gasteiger charge is -2.11. The van der Waals surface area contributed by atoms with E-state index >= 15 is 0 Å². The molecule has 1 aromatic carbocycles. The number of anilines is 1. The Hall–Kier alpha value is -2.72. The van der Waals surface area contributed by atoms with Gasteiger partial charge in [-0.3, -0.25) is 4.79 Å². The zero-order valence-electron chi connectivity index (χ0n) is 16.3. The fourth-order valence-corrected chi connectivity index (χ4v) is 4.14. The third-order valence-corrected chi connectivity index (χ3v) is 5.76. The van der Waals surface area contributed by atoms with Crippen LogP contribution in [0, 0.1) is 0 Å². The lowest BCUT2D eigenvalue weighted by molar-refractivity contribution is 0.0952. The lowest BCUT2D eigenvalue weighted by atomic mass is 10.3. The van der Waals surface area contributed by atoms with Crippen molar-refractivity contribution in [2.24, 2.45) is 0 Å². The molecule has 0 atom stereocenters. The van der Waals surface area contributed by atoms with Crippen LogP contribution in [-0.4, -0.2) is 49.5 Å². The van der Waals surface area contributed by atoms with Gasteiger partial charge in [0.2, 0.25) is 0 Å². The Labute approximate surface area is 176 Å². The first-order valence-corrected chi connectivity index (χ1v) is 11.3. The van der Waals surface area contributed by atoms with Crippen LogP contribution >= 0.6 is 23.1 Å². The van der Waals surface area contributed by atoms with Gasteiger partial charge in [-0.1, -0.05) is 23.9 Å². The Balaban J connectivity index is 1.48. The molecule has 4 rings (SSSR count). The van der Waals surface area contributed by atoms with Crippen LogP contribution in [0.4, 0.5) is 5.82 Å². The largest absolute Gasteiger partial charge is 0.367 e.